The second-order valence-corrected chi connectivity index (χ2v) is 4.67. The molecule has 1 saturated heterocycles. The molecule has 2 heterocycles. The number of rotatable bonds is 3. The van der Waals surface area contributed by atoms with Gasteiger partial charge in [0.2, 0.25) is 0 Å². The Morgan fingerprint density at radius 3 is 2.90 bits per heavy atom. The highest BCUT2D eigenvalue weighted by Gasteiger charge is 2.41. The first kappa shape index (κ1) is 15.0. The van der Waals surface area contributed by atoms with Crippen molar-refractivity contribution in [3.8, 4) is 0 Å². The number of carbonyl (C=O) groups excluding carboxylic acids is 1. The fourth-order valence-corrected chi connectivity index (χ4v) is 1.97. The smallest absolute Gasteiger partial charge is 0.320 e. The molecule has 0 aromatic carbocycles. The monoisotopic (exact) mass is 308 g/mol. The predicted molar refractivity (Wildman–Crippen MR) is 65.6 cm³/mol. The van der Waals surface area contributed by atoms with Gasteiger partial charge >= 0.3 is 12.1 Å². The molecule has 1 aromatic heterocycles. The van der Waals surface area contributed by atoms with Crippen molar-refractivity contribution in [3.63, 3.8) is 0 Å². The molecule has 2 rings (SSSR count). The number of amides is 1. The van der Waals surface area contributed by atoms with Crippen LogP contribution in [0.4, 0.5) is 13.2 Å². The average molecular weight is 309 g/mol. The Morgan fingerprint density at radius 1 is 1.55 bits per heavy atom. The molecule has 1 fully saturated rings. The summed E-state index contributed by atoms with van der Waals surface area (Å²) in [6, 6.07) is 3.33. The SMILES string of the molecule is O=C(NC1NCCN1Cc1ccc(Cl)nc1)C(F)(F)F. The van der Waals surface area contributed by atoms with Crippen LogP contribution >= 0.6 is 11.6 Å². The Morgan fingerprint density at radius 2 is 2.30 bits per heavy atom. The Balaban J connectivity index is 1.97. The largest absolute Gasteiger partial charge is 0.471 e. The van der Waals surface area contributed by atoms with Gasteiger partial charge in [0.1, 0.15) is 11.4 Å². The predicted octanol–water partition coefficient (Wildman–Crippen LogP) is 1.10. The standard InChI is InChI=1S/C11H12ClF3N4O/c12-8-2-1-7(5-17-8)6-19-4-3-16-10(19)18-9(20)11(13,14)15/h1-2,5,10,16H,3-4,6H2,(H,18,20). The lowest BCUT2D eigenvalue weighted by Gasteiger charge is -2.25. The van der Waals surface area contributed by atoms with Crippen LogP contribution in [-0.2, 0) is 11.3 Å². The maximum absolute atomic E-state index is 12.2. The zero-order chi connectivity index (χ0) is 14.8. The number of hydrogen-bond acceptors (Lipinski definition) is 4. The molecule has 1 aliphatic heterocycles. The third kappa shape index (κ3) is 3.81. The number of aromatic nitrogens is 1. The summed E-state index contributed by atoms with van der Waals surface area (Å²) in [5, 5.41) is 5.04. The van der Waals surface area contributed by atoms with Gasteiger partial charge in [0.25, 0.3) is 0 Å². The van der Waals surface area contributed by atoms with Gasteiger partial charge in [0.05, 0.1) is 0 Å². The van der Waals surface area contributed by atoms with Crippen LogP contribution in [-0.4, -0.2) is 41.3 Å². The van der Waals surface area contributed by atoms with Gasteiger partial charge in [-0.1, -0.05) is 17.7 Å². The van der Waals surface area contributed by atoms with Crippen molar-refractivity contribution in [2.75, 3.05) is 13.1 Å². The van der Waals surface area contributed by atoms with Crippen LogP contribution in [0, 0.1) is 0 Å². The van der Waals surface area contributed by atoms with Crippen LogP contribution in [0.5, 0.6) is 0 Å². The molecule has 0 bridgehead atoms. The Bertz CT molecular complexity index is 480. The molecule has 9 heteroatoms. The van der Waals surface area contributed by atoms with Gasteiger partial charge < -0.3 is 5.32 Å². The van der Waals surface area contributed by atoms with Crippen molar-refractivity contribution in [1.29, 1.82) is 0 Å². The van der Waals surface area contributed by atoms with Gasteiger partial charge in [-0.05, 0) is 11.6 Å². The van der Waals surface area contributed by atoms with Crippen molar-refractivity contribution in [3.05, 3.63) is 29.0 Å². The maximum atomic E-state index is 12.2. The van der Waals surface area contributed by atoms with Gasteiger partial charge in [-0.25, -0.2) is 4.98 Å². The summed E-state index contributed by atoms with van der Waals surface area (Å²) in [6.45, 7) is 1.37. The molecule has 1 aliphatic rings. The van der Waals surface area contributed by atoms with E-state index >= 15 is 0 Å². The minimum atomic E-state index is -4.89. The highest BCUT2D eigenvalue weighted by Crippen LogP contribution is 2.16. The van der Waals surface area contributed by atoms with Crippen LogP contribution in [0.2, 0.25) is 5.15 Å². The fourth-order valence-electron chi connectivity index (χ4n) is 1.86. The molecule has 1 atom stereocenters. The molecule has 0 spiro atoms. The Kier molecular flexibility index (Phi) is 4.46. The van der Waals surface area contributed by atoms with E-state index in [1.54, 1.807) is 23.2 Å². The van der Waals surface area contributed by atoms with Crippen LogP contribution < -0.4 is 10.6 Å². The van der Waals surface area contributed by atoms with E-state index in [0.717, 1.165) is 5.56 Å². The van der Waals surface area contributed by atoms with E-state index in [-0.39, 0.29) is 0 Å². The van der Waals surface area contributed by atoms with E-state index in [4.69, 9.17) is 11.6 Å². The summed E-state index contributed by atoms with van der Waals surface area (Å²) < 4.78 is 36.7. The highest BCUT2D eigenvalue weighted by molar-refractivity contribution is 6.29. The van der Waals surface area contributed by atoms with Gasteiger partial charge in [0, 0.05) is 25.8 Å². The second-order valence-electron chi connectivity index (χ2n) is 4.29. The molecule has 2 N–H and O–H groups in total. The minimum Gasteiger partial charge on any atom is -0.320 e. The molecular weight excluding hydrogens is 297 g/mol. The summed E-state index contributed by atoms with van der Waals surface area (Å²) in [5.41, 5.74) is 0.796. The van der Waals surface area contributed by atoms with Crippen molar-refractivity contribution in [1.82, 2.24) is 20.5 Å². The van der Waals surface area contributed by atoms with Crippen LogP contribution in [0.1, 0.15) is 5.56 Å². The summed E-state index contributed by atoms with van der Waals surface area (Å²) in [5.74, 6) is -1.96. The molecule has 110 valence electrons. The normalized spacial score (nSPS) is 20.1. The number of hydrogen-bond donors (Lipinski definition) is 2. The van der Waals surface area contributed by atoms with Crippen LogP contribution in [0.3, 0.4) is 0 Å². The van der Waals surface area contributed by atoms with E-state index in [0.29, 0.717) is 24.8 Å². The quantitative estimate of drug-likeness (QED) is 0.821. The molecule has 1 aromatic rings. The summed E-state index contributed by atoms with van der Waals surface area (Å²) >= 11 is 5.66. The van der Waals surface area contributed by atoms with Crippen molar-refractivity contribution < 1.29 is 18.0 Å². The molecule has 0 radical (unpaired) electrons. The number of carbonyl (C=O) groups is 1. The maximum Gasteiger partial charge on any atom is 0.471 e. The first-order valence-electron chi connectivity index (χ1n) is 5.82. The van der Waals surface area contributed by atoms with Gasteiger partial charge in [-0.15, -0.1) is 0 Å². The van der Waals surface area contributed by atoms with E-state index < -0.39 is 18.4 Å². The number of nitrogens with one attached hydrogen (secondary N) is 2. The van der Waals surface area contributed by atoms with Crippen molar-refractivity contribution >= 4 is 17.5 Å². The van der Waals surface area contributed by atoms with Gasteiger partial charge in [-0.2, -0.15) is 13.2 Å². The van der Waals surface area contributed by atoms with E-state index in [9.17, 15) is 18.0 Å². The third-order valence-corrected chi connectivity index (χ3v) is 3.03. The number of alkyl halides is 3. The van der Waals surface area contributed by atoms with E-state index in [1.807, 2.05) is 5.32 Å². The summed E-state index contributed by atoms with van der Waals surface area (Å²) in [6.07, 6.45) is -4.19. The average Bonchev–Trinajstić information content (AvgIpc) is 2.78. The summed E-state index contributed by atoms with van der Waals surface area (Å²) in [7, 11) is 0. The molecule has 20 heavy (non-hydrogen) atoms. The second kappa shape index (κ2) is 5.94. The Labute approximate surface area is 118 Å². The van der Waals surface area contributed by atoms with Crippen molar-refractivity contribution in [2.24, 2.45) is 0 Å². The zero-order valence-electron chi connectivity index (χ0n) is 10.2. The first-order chi connectivity index (χ1) is 9.36. The van der Waals surface area contributed by atoms with Crippen molar-refractivity contribution in [2.45, 2.75) is 19.0 Å². The molecular formula is C11H12ClF3N4O. The van der Waals surface area contributed by atoms with Crippen LogP contribution in [0.15, 0.2) is 18.3 Å². The molecule has 0 aliphatic carbocycles. The lowest BCUT2D eigenvalue weighted by atomic mass is 10.2. The first-order valence-corrected chi connectivity index (χ1v) is 6.19. The third-order valence-electron chi connectivity index (χ3n) is 2.80. The molecule has 5 nitrogen and oxygen atoms in total. The minimum absolute atomic E-state index is 0.343. The van der Waals surface area contributed by atoms with Crippen LogP contribution in [0.25, 0.3) is 0 Å². The van der Waals surface area contributed by atoms with Gasteiger partial charge in [-0.3, -0.25) is 15.0 Å². The molecule has 1 amide bonds. The fraction of sp³-hybridized carbons (Fsp3) is 0.455. The number of pyridine rings is 1. The lowest BCUT2D eigenvalue weighted by molar-refractivity contribution is -0.175. The lowest BCUT2D eigenvalue weighted by Crippen LogP contribution is -2.53. The molecule has 1 unspecified atom stereocenters. The highest BCUT2D eigenvalue weighted by atomic mass is 35.5. The zero-order valence-corrected chi connectivity index (χ0v) is 11.0. The van der Waals surface area contributed by atoms with E-state index in [1.165, 1.54) is 0 Å². The van der Waals surface area contributed by atoms with E-state index in [2.05, 4.69) is 10.3 Å². The summed E-state index contributed by atoms with van der Waals surface area (Å²) in [4.78, 5) is 16.5. The number of nitrogens with zero attached hydrogens (tertiary/aromatic N) is 2. The number of halogens is 4. The van der Waals surface area contributed by atoms with Gasteiger partial charge in [0.15, 0.2) is 0 Å². The topological polar surface area (TPSA) is 57.3 Å². The molecule has 0 saturated carbocycles. The Hall–Kier alpha value is -1.38.